The molecule has 6 heteroatoms. The number of aliphatic imine (C=N–C) groups is 1. The molecular formula is C35H59MnN3Si2. The monoisotopic (exact) mass is 632 g/mol. The van der Waals surface area contributed by atoms with Crippen molar-refractivity contribution in [2.75, 3.05) is 0 Å². The molecule has 0 aliphatic carbocycles. The molecule has 0 unspecified atom stereocenters. The molecular weight excluding hydrogens is 574 g/mol. The normalized spacial score (nSPS) is 13.0. The molecule has 0 atom stereocenters. The van der Waals surface area contributed by atoms with Gasteiger partial charge in [0.15, 0.2) is 0 Å². The van der Waals surface area contributed by atoms with Crippen LogP contribution in [-0.2, 0) is 17.1 Å². The smallest absolute Gasteiger partial charge is 0.668 e. The maximum absolute atomic E-state index is 5.08. The van der Waals surface area contributed by atoms with Gasteiger partial charge in [0, 0.05) is 5.71 Å². The average molecular weight is 633 g/mol. The fourth-order valence-corrected chi connectivity index (χ4v) is 13.1. The molecule has 0 saturated heterocycles. The van der Waals surface area contributed by atoms with Crippen molar-refractivity contribution in [3.8, 4) is 0 Å². The molecule has 0 aliphatic rings. The summed E-state index contributed by atoms with van der Waals surface area (Å²) >= 11 is 0. The zero-order valence-corrected chi connectivity index (χ0v) is 32.3. The first kappa shape index (κ1) is 39.6. The van der Waals surface area contributed by atoms with Crippen LogP contribution in [0.25, 0.3) is 9.96 Å². The first-order valence-corrected chi connectivity index (χ1v) is 22.1. The van der Waals surface area contributed by atoms with Gasteiger partial charge in [0.2, 0.25) is 0 Å². The number of allylic oxidation sites excluding steroid dienone is 2. The zero-order chi connectivity index (χ0) is 31.0. The molecule has 0 saturated carbocycles. The molecule has 3 nitrogen and oxygen atoms in total. The quantitative estimate of drug-likeness (QED) is 0.185. The van der Waals surface area contributed by atoms with Gasteiger partial charge in [-0.15, -0.1) is 5.69 Å². The summed E-state index contributed by atoms with van der Waals surface area (Å²) in [6, 6.07) is 13.1. The van der Waals surface area contributed by atoms with Crippen molar-refractivity contribution in [3.05, 3.63) is 80.4 Å². The van der Waals surface area contributed by atoms with E-state index in [4.69, 9.17) is 15.0 Å². The fraction of sp³-hybridized carbons (Fsp3) is 0.571. The van der Waals surface area contributed by atoms with E-state index >= 15 is 0 Å². The van der Waals surface area contributed by atoms with Gasteiger partial charge < -0.3 is 9.96 Å². The van der Waals surface area contributed by atoms with E-state index in [2.05, 4.69) is 151 Å². The Kier molecular flexibility index (Phi) is 16.4. The third-order valence-corrected chi connectivity index (χ3v) is 11.7. The summed E-state index contributed by atoms with van der Waals surface area (Å²) in [5.41, 5.74) is 9.45. The van der Waals surface area contributed by atoms with Crippen LogP contribution in [0.1, 0.15) is 115 Å². The predicted octanol–water partition coefficient (Wildman–Crippen LogP) is 12.9. The first-order valence-electron chi connectivity index (χ1n) is 15.2. The van der Waals surface area contributed by atoms with Crippen molar-refractivity contribution in [1.82, 2.24) is 0 Å². The van der Waals surface area contributed by atoms with E-state index < -0.39 is 16.5 Å². The molecule has 0 amide bonds. The molecule has 0 fully saturated rings. The molecule has 2 rings (SSSR count). The van der Waals surface area contributed by atoms with E-state index in [9.17, 15) is 0 Å². The topological polar surface area (TPSA) is 40.6 Å². The maximum Gasteiger partial charge on any atom is 2.00 e. The van der Waals surface area contributed by atoms with Crippen LogP contribution in [0.4, 0.5) is 11.4 Å². The van der Waals surface area contributed by atoms with Gasteiger partial charge in [-0.2, -0.15) is 5.70 Å². The third kappa shape index (κ3) is 14.1. The first-order chi connectivity index (χ1) is 18.2. The van der Waals surface area contributed by atoms with Crippen molar-refractivity contribution < 1.29 is 17.1 Å². The summed E-state index contributed by atoms with van der Waals surface area (Å²) in [6.07, 6.45) is 2.11. The van der Waals surface area contributed by atoms with Crippen LogP contribution in [0.3, 0.4) is 0 Å². The van der Waals surface area contributed by atoms with Crippen LogP contribution in [0, 0.1) is 0 Å². The molecule has 1 radical (unpaired) electrons. The fourth-order valence-electron chi connectivity index (χ4n) is 5.01. The molecule has 2 aromatic carbocycles. The van der Waals surface area contributed by atoms with E-state index in [1.807, 2.05) is 0 Å². The Morgan fingerprint density at radius 2 is 0.976 bits per heavy atom. The van der Waals surface area contributed by atoms with Crippen LogP contribution < -0.4 is 0 Å². The number of hydrogen-bond acceptors (Lipinski definition) is 1. The van der Waals surface area contributed by atoms with Crippen molar-refractivity contribution in [1.29, 1.82) is 0 Å². The second-order valence-corrected chi connectivity index (χ2v) is 23.9. The summed E-state index contributed by atoms with van der Waals surface area (Å²) in [5.74, 6) is 1.75. The Labute approximate surface area is 267 Å². The molecule has 0 aliphatic heterocycles. The van der Waals surface area contributed by atoms with Crippen molar-refractivity contribution in [2.24, 2.45) is 4.99 Å². The van der Waals surface area contributed by atoms with Gasteiger partial charge >= 0.3 is 17.1 Å². The number of hydrogen-bond donors (Lipinski definition) is 0. The number of rotatable bonds is 10. The molecule has 0 heterocycles. The Balaban J connectivity index is 0.00000138. The number of benzene rings is 2. The summed E-state index contributed by atoms with van der Waals surface area (Å²) in [5, 5.41) is 5.08. The van der Waals surface area contributed by atoms with E-state index in [1.165, 1.54) is 22.3 Å². The zero-order valence-electron chi connectivity index (χ0n) is 29.1. The van der Waals surface area contributed by atoms with Crippen LogP contribution >= 0.6 is 0 Å². The Morgan fingerprint density at radius 3 is 1.27 bits per heavy atom. The van der Waals surface area contributed by atoms with Gasteiger partial charge in [-0.05, 0) is 41.7 Å². The van der Waals surface area contributed by atoms with Gasteiger partial charge in [0.25, 0.3) is 0 Å². The van der Waals surface area contributed by atoms with Gasteiger partial charge in [-0.25, -0.2) is 0 Å². The second kappa shape index (κ2) is 17.0. The van der Waals surface area contributed by atoms with Gasteiger partial charge in [0.1, 0.15) is 0 Å². The molecule has 0 aromatic heterocycles. The largest absolute Gasteiger partial charge is 2.00 e. The molecule has 0 N–H and O–H groups in total. The van der Waals surface area contributed by atoms with Crippen LogP contribution in [0.2, 0.25) is 39.3 Å². The van der Waals surface area contributed by atoms with E-state index in [0.717, 1.165) is 22.8 Å². The summed E-state index contributed by atoms with van der Waals surface area (Å²) in [7, 11) is -2.21. The molecule has 2 aromatic rings. The van der Waals surface area contributed by atoms with Gasteiger partial charge in [0.05, 0.1) is 5.69 Å². The van der Waals surface area contributed by atoms with E-state index in [1.54, 1.807) is 0 Å². The number of nitrogens with zero attached hydrogens (tertiary/aromatic N) is 3. The molecule has 0 bridgehead atoms. The van der Waals surface area contributed by atoms with Crippen molar-refractivity contribution >= 4 is 33.6 Å². The third-order valence-electron chi connectivity index (χ3n) is 6.35. The maximum atomic E-state index is 5.08. The molecule has 0 spiro atoms. The van der Waals surface area contributed by atoms with Crippen molar-refractivity contribution in [3.63, 3.8) is 0 Å². The minimum atomic E-state index is -1.11. The Bertz CT molecular complexity index is 1090. The minimum absolute atomic E-state index is 0. The second-order valence-electron chi connectivity index (χ2n) is 14.3. The summed E-state index contributed by atoms with van der Waals surface area (Å²) in [4.78, 5) is 5.08. The van der Waals surface area contributed by atoms with Gasteiger partial charge in [-0.3, -0.25) is 4.99 Å². The minimum Gasteiger partial charge on any atom is -0.668 e. The van der Waals surface area contributed by atoms with Crippen LogP contribution in [0.15, 0.2) is 53.2 Å². The van der Waals surface area contributed by atoms with Crippen molar-refractivity contribution in [2.45, 2.75) is 132 Å². The standard InChI is InChI=1S/C29H41N2.C6H18NSi2.Mn/c1-18(2)24-13-11-14-25(19(3)4)28(24)30-22(9)17-23(10)31-29-26(20(5)6)15-12-16-27(29)21(7)8;1-8(2,3)7-9(4,5)6;/h11-21H,1-10H3;1-6H3;/q2*-1;+2/b22-17-,31-23?;;. The summed E-state index contributed by atoms with van der Waals surface area (Å²) < 4.78 is 4.82. The Hall–Kier alpha value is -1.44. The van der Waals surface area contributed by atoms with E-state index in [-0.39, 0.29) is 17.1 Å². The average Bonchev–Trinajstić information content (AvgIpc) is 2.76. The predicted molar refractivity (Wildman–Crippen MR) is 189 cm³/mol. The molecule has 229 valence electrons. The van der Waals surface area contributed by atoms with Crippen LogP contribution in [0.5, 0.6) is 0 Å². The Morgan fingerprint density at radius 1 is 0.634 bits per heavy atom. The summed E-state index contributed by atoms with van der Waals surface area (Å²) in [6.45, 7) is 35.8. The SMILES string of the molecule is CC(/C=C(/C)[N-]c1c(C(C)C)cccc1C(C)C)=Nc1c(C(C)C)cccc1C(C)C.C[Si](C)(C)[N-][Si](C)(C)C.[Mn+2]. The molecule has 41 heavy (non-hydrogen) atoms. The van der Waals surface area contributed by atoms with Gasteiger partial charge in [-0.1, -0.05) is 172 Å². The van der Waals surface area contributed by atoms with Crippen LogP contribution in [-0.4, -0.2) is 22.2 Å². The number of para-hydroxylation sites is 2. The van der Waals surface area contributed by atoms with E-state index in [0.29, 0.717) is 23.7 Å².